The number of amides is 1. The number of non-ortho nitro benzene ring substituents is 1. The van der Waals surface area contributed by atoms with E-state index in [-0.39, 0.29) is 23.7 Å². The highest BCUT2D eigenvalue weighted by molar-refractivity contribution is 5.79. The first-order valence-electron chi connectivity index (χ1n) is 8.01. The summed E-state index contributed by atoms with van der Waals surface area (Å²) in [6.07, 6.45) is 3.63. The van der Waals surface area contributed by atoms with Gasteiger partial charge < -0.3 is 14.6 Å². The SMILES string of the molecule is O=C1CCCN1[C@H]1C[C@@H](c2ccco2)Nc2ccc([N+](=O)[O-])cc21. The van der Waals surface area contributed by atoms with Crippen LogP contribution in [-0.2, 0) is 4.79 Å². The zero-order valence-corrected chi connectivity index (χ0v) is 13.0. The van der Waals surface area contributed by atoms with Gasteiger partial charge in [0.2, 0.25) is 5.91 Å². The maximum atomic E-state index is 12.2. The number of anilines is 1. The molecular formula is C17H17N3O4. The van der Waals surface area contributed by atoms with E-state index in [4.69, 9.17) is 4.42 Å². The maximum Gasteiger partial charge on any atom is 0.269 e. The molecule has 4 rings (SSSR count). The van der Waals surface area contributed by atoms with Crippen LogP contribution in [0.4, 0.5) is 11.4 Å². The second-order valence-electron chi connectivity index (χ2n) is 6.18. The lowest BCUT2D eigenvalue weighted by molar-refractivity contribution is -0.384. The molecule has 0 radical (unpaired) electrons. The number of furan rings is 1. The number of carbonyl (C=O) groups is 1. The number of fused-ring (bicyclic) bond motifs is 1. The van der Waals surface area contributed by atoms with Crippen molar-refractivity contribution in [2.45, 2.75) is 31.3 Å². The summed E-state index contributed by atoms with van der Waals surface area (Å²) in [5.74, 6) is 0.910. The molecule has 1 N–H and O–H groups in total. The third-order valence-corrected chi connectivity index (χ3v) is 4.77. The molecule has 1 amide bonds. The van der Waals surface area contributed by atoms with Gasteiger partial charge in [-0.15, -0.1) is 0 Å². The molecule has 124 valence electrons. The van der Waals surface area contributed by atoms with Crippen molar-refractivity contribution in [1.29, 1.82) is 0 Å². The quantitative estimate of drug-likeness (QED) is 0.689. The Morgan fingerprint density at radius 3 is 2.88 bits per heavy atom. The molecule has 1 aromatic carbocycles. The minimum absolute atomic E-state index is 0.0450. The normalized spacial score (nSPS) is 23.0. The molecule has 2 aromatic rings. The third-order valence-electron chi connectivity index (χ3n) is 4.77. The van der Waals surface area contributed by atoms with Gasteiger partial charge in [-0.1, -0.05) is 0 Å². The number of nitrogens with zero attached hydrogens (tertiary/aromatic N) is 2. The molecule has 24 heavy (non-hydrogen) atoms. The van der Waals surface area contributed by atoms with E-state index in [1.54, 1.807) is 18.4 Å². The molecule has 3 heterocycles. The van der Waals surface area contributed by atoms with E-state index >= 15 is 0 Å². The molecule has 2 atom stereocenters. The predicted octanol–water partition coefficient (Wildman–Crippen LogP) is 3.41. The highest BCUT2D eigenvalue weighted by atomic mass is 16.6. The molecule has 7 nitrogen and oxygen atoms in total. The van der Waals surface area contributed by atoms with E-state index < -0.39 is 4.92 Å². The van der Waals surface area contributed by atoms with Crippen LogP contribution in [0.1, 0.15) is 42.7 Å². The fourth-order valence-electron chi connectivity index (χ4n) is 3.64. The number of hydrogen-bond donors (Lipinski definition) is 1. The topological polar surface area (TPSA) is 88.6 Å². The van der Waals surface area contributed by atoms with Crippen LogP contribution in [0, 0.1) is 10.1 Å². The summed E-state index contributed by atoms with van der Waals surface area (Å²) in [4.78, 5) is 24.8. The zero-order chi connectivity index (χ0) is 16.7. The van der Waals surface area contributed by atoms with E-state index in [0.717, 1.165) is 23.4 Å². The Balaban J connectivity index is 1.76. The van der Waals surface area contributed by atoms with Gasteiger partial charge in [-0.3, -0.25) is 14.9 Å². The molecule has 1 aromatic heterocycles. The highest BCUT2D eigenvalue weighted by Gasteiger charge is 2.37. The molecule has 0 aliphatic carbocycles. The molecule has 0 unspecified atom stereocenters. The summed E-state index contributed by atoms with van der Waals surface area (Å²) < 4.78 is 5.51. The fourth-order valence-corrected chi connectivity index (χ4v) is 3.64. The van der Waals surface area contributed by atoms with Crippen LogP contribution >= 0.6 is 0 Å². The second-order valence-corrected chi connectivity index (χ2v) is 6.18. The molecule has 0 spiro atoms. The predicted molar refractivity (Wildman–Crippen MR) is 86.5 cm³/mol. The largest absolute Gasteiger partial charge is 0.467 e. The molecule has 0 bridgehead atoms. The smallest absolute Gasteiger partial charge is 0.269 e. The van der Waals surface area contributed by atoms with Gasteiger partial charge in [0.25, 0.3) is 5.69 Å². The molecular weight excluding hydrogens is 310 g/mol. The Morgan fingerprint density at radius 2 is 2.21 bits per heavy atom. The van der Waals surface area contributed by atoms with Gasteiger partial charge in [0.15, 0.2) is 0 Å². The Morgan fingerprint density at radius 1 is 1.33 bits per heavy atom. The molecule has 2 aliphatic rings. The van der Waals surface area contributed by atoms with Gasteiger partial charge in [-0.05, 0) is 31.0 Å². The number of rotatable bonds is 3. The maximum absolute atomic E-state index is 12.2. The minimum atomic E-state index is -0.401. The first kappa shape index (κ1) is 14.7. The van der Waals surface area contributed by atoms with Crippen LogP contribution in [0.25, 0.3) is 0 Å². The Labute approximate surface area is 138 Å². The van der Waals surface area contributed by atoms with E-state index in [2.05, 4.69) is 5.32 Å². The van der Waals surface area contributed by atoms with Crippen molar-refractivity contribution in [3.63, 3.8) is 0 Å². The average molecular weight is 327 g/mol. The van der Waals surface area contributed by atoms with E-state index in [1.165, 1.54) is 6.07 Å². The second kappa shape index (κ2) is 5.67. The van der Waals surface area contributed by atoms with Crippen LogP contribution in [0.3, 0.4) is 0 Å². The first-order chi connectivity index (χ1) is 11.6. The Bertz CT molecular complexity index is 787. The summed E-state index contributed by atoms with van der Waals surface area (Å²) >= 11 is 0. The Hall–Kier alpha value is -2.83. The van der Waals surface area contributed by atoms with Crippen molar-refractivity contribution in [1.82, 2.24) is 4.90 Å². The highest BCUT2D eigenvalue weighted by Crippen LogP contribution is 2.44. The van der Waals surface area contributed by atoms with Crippen molar-refractivity contribution in [2.75, 3.05) is 11.9 Å². The lowest BCUT2D eigenvalue weighted by Gasteiger charge is -2.37. The lowest BCUT2D eigenvalue weighted by atomic mass is 9.90. The van der Waals surface area contributed by atoms with Crippen LogP contribution in [0.2, 0.25) is 0 Å². The Kier molecular flexibility index (Phi) is 3.48. The first-order valence-corrected chi connectivity index (χ1v) is 8.01. The number of likely N-dealkylation sites (tertiary alicyclic amines) is 1. The van der Waals surface area contributed by atoms with E-state index in [0.29, 0.717) is 19.4 Å². The van der Waals surface area contributed by atoms with Gasteiger partial charge in [0.1, 0.15) is 5.76 Å². The number of benzene rings is 1. The molecule has 2 aliphatic heterocycles. The van der Waals surface area contributed by atoms with E-state index in [9.17, 15) is 14.9 Å². The number of carbonyl (C=O) groups excluding carboxylic acids is 1. The zero-order valence-electron chi connectivity index (χ0n) is 13.0. The average Bonchev–Trinajstić information content (AvgIpc) is 3.25. The monoisotopic (exact) mass is 327 g/mol. The van der Waals surface area contributed by atoms with Crippen LogP contribution in [0.5, 0.6) is 0 Å². The van der Waals surface area contributed by atoms with Gasteiger partial charge in [-0.2, -0.15) is 0 Å². The number of nitro benzene ring substituents is 1. The molecule has 7 heteroatoms. The van der Waals surface area contributed by atoms with Gasteiger partial charge in [-0.25, -0.2) is 0 Å². The summed E-state index contributed by atoms with van der Waals surface area (Å²) in [5, 5.41) is 14.5. The van der Waals surface area contributed by atoms with Crippen LogP contribution < -0.4 is 5.32 Å². The van der Waals surface area contributed by atoms with E-state index in [1.807, 2.05) is 17.0 Å². The summed E-state index contributed by atoms with van der Waals surface area (Å²) in [7, 11) is 0. The number of nitrogens with one attached hydrogen (secondary N) is 1. The number of hydrogen-bond acceptors (Lipinski definition) is 5. The molecule has 1 fully saturated rings. The van der Waals surface area contributed by atoms with Crippen molar-refractivity contribution in [3.8, 4) is 0 Å². The van der Waals surface area contributed by atoms with Crippen molar-refractivity contribution >= 4 is 17.3 Å². The van der Waals surface area contributed by atoms with Gasteiger partial charge >= 0.3 is 0 Å². The van der Waals surface area contributed by atoms with Crippen molar-refractivity contribution < 1.29 is 14.1 Å². The van der Waals surface area contributed by atoms with Crippen LogP contribution in [0.15, 0.2) is 41.0 Å². The minimum Gasteiger partial charge on any atom is -0.467 e. The summed E-state index contributed by atoms with van der Waals surface area (Å²) in [6.45, 7) is 0.691. The van der Waals surface area contributed by atoms with Crippen molar-refractivity contribution in [3.05, 3.63) is 58.0 Å². The van der Waals surface area contributed by atoms with Crippen molar-refractivity contribution in [2.24, 2.45) is 0 Å². The van der Waals surface area contributed by atoms with Gasteiger partial charge in [0.05, 0.1) is 23.3 Å². The number of nitro groups is 1. The summed E-state index contributed by atoms with van der Waals surface area (Å²) in [5.41, 5.74) is 1.67. The third kappa shape index (κ3) is 2.42. The molecule has 1 saturated heterocycles. The van der Waals surface area contributed by atoms with Crippen LogP contribution in [-0.4, -0.2) is 22.3 Å². The molecule has 0 saturated carbocycles. The summed E-state index contributed by atoms with van der Waals surface area (Å²) in [6, 6.07) is 8.28. The van der Waals surface area contributed by atoms with Gasteiger partial charge in [0, 0.05) is 36.3 Å². The lowest BCUT2D eigenvalue weighted by Crippen LogP contribution is -2.35. The standard InChI is InChI=1S/C17H17N3O4/c21-17-4-1-7-19(17)15-10-14(16-3-2-8-24-16)18-13-6-5-11(20(22)23)9-12(13)15/h2-3,5-6,8-9,14-15,18H,1,4,7,10H2/t14-,15-/m0/s1. The fraction of sp³-hybridized carbons (Fsp3) is 0.353.